The molecule has 0 bridgehead atoms. The lowest BCUT2D eigenvalue weighted by atomic mass is 10.1. The van der Waals surface area contributed by atoms with Crippen LogP contribution in [0.15, 0.2) is 70.1 Å². The van der Waals surface area contributed by atoms with Gasteiger partial charge in [0.2, 0.25) is 5.89 Å². The van der Waals surface area contributed by atoms with E-state index in [0.29, 0.717) is 28.5 Å². The van der Waals surface area contributed by atoms with Crippen LogP contribution >= 0.6 is 0 Å². The summed E-state index contributed by atoms with van der Waals surface area (Å²) in [4.78, 5) is 9.03. The van der Waals surface area contributed by atoms with Crippen LogP contribution in [0, 0.1) is 6.92 Å². The molecular weight excluding hydrogens is 340 g/mol. The molecule has 0 saturated carbocycles. The minimum absolute atomic E-state index is 0.0631. The van der Waals surface area contributed by atoms with Gasteiger partial charge in [-0.25, -0.2) is 4.98 Å². The van der Waals surface area contributed by atoms with Crippen molar-refractivity contribution in [2.45, 2.75) is 6.92 Å². The molecule has 5 nitrogen and oxygen atoms in total. The van der Waals surface area contributed by atoms with Gasteiger partial charge in [-0.1, -0.05) is 24.3 Å². The van der Waals surface area contributed by atoms with Crippen molar-refractivity contribution >= 4 is 23.0 Å². The molecule has 4 aromatic rings. The molecule has 0 spiro atoms. The van der Waals surface area contributed by atoms with E-state index in [4.69, 9.17) is 9.15 Å². The molecule has 27 heavy (non-hydrogen) atoms. The van der Waals surface area contributed by atoms with Crippen LogP contribution in [0.2, 0.25) is 0 Å². The minimum Gasteiger partial charge on any atom is -0.504 e. The van der Waals surface area contributed by atoms with Gasteiger partial charge in [0, 0.05) is 17.3 Å². The molecule has 1 heterocycles. The van der Waals surface area contributed by atoms with Crippen molar-refractivity contribution in [1.29, 1.82) is 0 Å². The lowest BCUT2D eigenvalue weighted by Crippen LogP contribution is -1.88. The van der Waals surface area contributed by atoms with Gasteiger partial charge in [-0.05, 0) is 48.9 Å². The van der Waals surface area contributed by atoms with Crippen molar-refractivity contribution < 1.29 is 14.3 Å². The van der Waals surface area contributed by atoms with Gasteiger partial charge in [0.05, 0.1) is 12.8 Å². The van der Waals surface area contributed by atoms with Gasteiger partial charge in [-0.3, -0.25) is 4.99 Å². The summed E-state index contributed by atoms with van der Waals surface area (Å²) in [5.74, 6) is 1.07. The molecule has 0 atom stereocenters. The van der Waals surface area contributed by atoms with E-state index < -0.39 is 0 Å². The Hall–Kier alpha value is -3.60. The predicted octanol–water partition coefficient (Wildman–Crippen LogP) is 5.27. The monoisotopic (exact) mass is 358 g/mol. The molecule has 1 N–H and O–H groups in total. The topological polar surface area (TPSA) is 67.9 Å². The van der Waals surface area contributed by atoms with E-state index in [9.17, 15) is 5.11 Å². The van der Waals surface area contributed by atoms with Crippen LogP contribution in [0.1, 0.15) is 11.1 Å². The number of ether oxygens (including phenoxy) is 1. The van der Waals surface area contributed by atoms with Gasteiger partial charge in [0.1, 0.15) is 5.52 Å². The van der Waals surface area contributed by atoms with E-state index >= 15 is 0 Å². The van der Waals surface area contributed by atoms with Crippen LogP contribution in [-0.2, 0) is 0 Å². The summed E-state index contributed by atoms with van der Waals surface area (Å²) >= 11 is 0. The highest BCUT2D eigenvalue weighted by atomic mass is 16.5. The van der Waals surface area contributed by atoms with E-state index in [1.807, 2.05) is 49.4 Å². The Kier molecular flexibility index (Phi) is 4.34. The van der Waals surface area contributed by atoms with Crippen LogP contribution < -0.4 is 4.74 Å². The zero-order valence-electron chi connectivity index (χ0n) is 15.0. The number of rotatable bonds is 4. The van der Waals surface area contributed by atoms with Crippen molar-refractivity contribution in [3.05, 3.63) is 71.8 Å². The van der Waals surface area contributed by atoms with E-state index in [2.05, 4.69) is 9.98 Å². The summed E-state index contributed by atoms with van der Waals surface area (Å²) < 4.78 is 11.0. The number of aryl methyl sites for hydroxylation is 1. The molecule has 0 fully saturated rings. The highest BCUT2D eigenvalue weighted by Gasteiger charge is 2.10. The summed E-state index contributed by atoms with van der Waals surface area (Å²) in [6.45, 7) is 2.03. The van der Waals surface area contributed by atoms with E-state index in [1.165, 1.54) is 7.11 Å². The number of benzene rings is 3. The number of methoxy groups -OCH3 is 1. The smallest absolute Gasteiger partial charge is 0.227 e. The number of oxazole rings is 1. The third-order valence-electron chi connectivity index (χ3n) is 4.35. The molecule has 0 radical (unpaired) electrons. The molecule has 4 rings (SSSR count). The zero-order valence-corrected chi connectivity index (χ0v) is 15.0. The summed E-state index contributed by atoms with van der Waals surface area (Å²) in [7, 11) is 1.51. The van der Waals surface area contributed by atoms with Crippen LogP contribution in [0.25, 0.3) is 22.6 Å². The number of aromatic nitrogens is 1. The lowest BCUT2D eigenvalue weighted by molar-refractivity contribution is 0.373. The lowest BCUT2D eigenvalue weighted by Gasteiger charge is -2.04. The molecule has 134 valence electrons. The quantitative estimate of drug-likeness (QED) is 0.505. The second-order valence-electron chi connectivity index (χ2n) is 6.14. The van der Waals surface area contributed by atoms with E-state index in [-0.39, 0.29) is 5.75 Å². The molecule has 0 saturated heterocycles. The number of phenolic OH excluding ortho intramolecular Hbond substituents is 1. The van der Waals surface area contributed by atoms with Crippen LogP contribution in [0.4, 0.5) is 5.69 Å². The SMILES string of the molecule is COc1cccc(C=Nc2ccc3oc(-c4ccccc4C)nc3c2)c1O. The second kappa shape index (κ2) is 6.96. The van der Waals surface area contributed by atoms with Gasteiger partial charge >= 0.3 is 0 Å². The first kappa shape index (κ1) is 16.8. The second-order valence-corrected chi connectivity index (χ2v) is 6.14. The normalized spacial score (nSPS) is 11.3. The summed E-state index contributed by atoms with van der Waals surface area (Å²) in [5.41, 5.74) is 4.81. The molecule has 0 aliphatic heterocycles. The predicted molar refractivity (Wildman–Crippen MR) is 106 cm³/mol. The van der Waals surface area contributed by atoms with Crippen LogP contribution in [0.3, 0.4) is 0 Å². The first-order chi connectivity index (χ1) is 13.2. The largest absolute Gasteiger partial charge is 0.504 e. The number of fused-ring (bicyclic) bond motifs is 1. The average molecular weight is 358 g/mol. The molecule has 0 amide bonds. The molecule has 0 aliphatic carbocycles. The maximum Gasteiger partial charge on any atom is 0.227 e. The molecule has 0 aliphatic rings. The highest BCUT2D eigenvalue weighted by molar-refractivity contribution is 5.88. The number of para-hydroxylation sites is 1. The van der Waals surface area contributed by atoms with Crippen molar-refractivity contribution in [2.24, 2.45) is 4.99 Å². The van der Waals surface area contributed by atoms with Crippen molar-refractivity contribution in [3.8, 4) is 23.0 Å². The number of phenols is 1. The Balaban J connectivity index is 1.67. The van der Waals surface area contributed by atoms with Gasteiger partial charge in [0.15, 0.2) is 17.1 Å². The first-order valence-corrected chi connectivity index (χ1v) is 8.52. The fourth-order valence-corrected chi connectivity index (χ4v) is 2.88. The standard InChI is InChI=1S/C22H18N2O3/c1-14-6-3-4-8-17(14)22-24-18-12-16(10-11-19(18)27-22)23-13-15-7-5-9-20(26-2)21(15)25/h3-13,25H,1-2H3. The first-order valence-electron chi connectivity index (χ1n) is 8.52. The zero-order chi connectivity index (χ0) is 18.8. The third kappa shape index (κ3) is 3.27. The Bertz CT molecular complexity index is 1150. The molecular formula is C22H18N2O3. The number of aromatic hydroxyl groups is 1. The molecule has 3 aromatic carbocycles. The van der Waals surface area contributed by atoms with E-state index in [0.717, 1.165) is 16.6 Å². The van der Waals surface area contributed by atoms with Crippen molar-refractivity contribution in [1.82, 2.24) is 4.98 Å². The average Bonchev–Trinajstić information content (AvgIpc) is 3.10. The number of hydrogen-bond acceptors (Lipinski definition) is 5. The highest BCUT2D eigenvalue weighted by Crippen LogP contribution is 2.30. The van der Waals surface area contributed by atoms with E-state index in [1.54, 1.807) is 24.4 Å². The van der Waals surface area contributed by atoms with Crippen LogP contribution in [-0.4, -0.2) is 23.4 Å². The third-order valence-corrected chi connectivity index (χ3v) is 4.35. The number of nitrogens with zero attached hydrogens (tertiary/aromatic N) is 2. The van der Waals surface area contributed by atoms with Crippen molar-refractivity contribution in [3.63, 3.8) is 0 Å². The Morgan fingerprint density at radius 2 is 1.93 bits per heavy atom. The summed E-state index contributed by atoms with van der Waals surface area (Å²) in [5, 5.41) is 10.2. The summed E-state index contributed by atoms with van der Waals surface area (Å²) in [6, 6.07) is 18.8. The number of aliphatic imine (C=N–C) groups is 1. The Labute approximate surface area is 156 Å². The maximum atomic E-state index is 10.2. The molecule has 1 aromatic heterocycles. The van der Waals surface area contributed by atoms with Gasteiger partial charge < -0.3 is 14.3 Å². The van der Waals surface area contributed by atoms with Gasteiger partial charge in [0.25, 0.3) is 0 Å². The maximum absolute atomic E-state index is 10.2. The Morgan fingerprint density at radius 1 is 1.07 bits per heavy atom. The van der Waals surface area contributed by atoms with Gasteiger partial charge in [-0.15, -0.1) is 0 Å². The fraction of sp³-hybridized carbons (Fsp3) is 0.0909. The molecule has 5 heteroatoms. The van der Waals surface area contributed by atoms with Gasteiger partial charge in [-0.2, -0.15) is 0 Å². The fourth-order valence-electron chi connectivity index (χ4n) is 2.88. The summed E-state index contributed by atoms with van der Waals surface area (Å²) in [6.07, 6.45) is 1.60. The van der Waals surface area contributed by atoms with Crippen molar-refractivity contribution in [2.75, 3.05) is 7.11 Å². The minimum atomic E-state index is 0.0631. The Morgan fingerprint density at radius 3 is 2.74 bits per heavy atom. The number of hydrogen-bond donors (Lipinski definition) is 1. The molecule has 0 unspecified atom stereocenters. The van der Waals surface area contributed by atoms with Crippen LogP contribution in [0.5, 0.6) is 11.5 Å².